The molecule has 1 aliphatic carbocycles. The first-order chi connectivity index (χ1) is 31.1. The molecule has 0 aliphatic heterocycles. The second-order valence-electron chi connectivity index (χ2n) is 17.5. The first-order valence-electron chi connectivity index (χ1n) is 22.3. The SMILES string of the molecule is CNCCCC[C@H](NC(=O)[C@H](Cc1ccccc1)NC(=O)OCC1c2ccccc2-c2ccccc21)C(=O)Nc1ccc(CO[Si](c2ccccc2)(c2ccccc2)C(C)(C)C)cc1. The van der Waals surface area contributed by atoms with Gasteiger partial charge in [0, 0.05) is 18.0 Å². The number of nitrogens with one attached hydrogen (secondary N) is 4. The lowest BCUT2D eigenvalue weighted by Crippen LogP contribution is -2.66. The summed E-state index contributed by atoms with van der Waals surface area (Å²) in [5.74, 6) is -0.940. The normalized spacial score (nSPS) is 13.2. The minimum atomic E-state index is -2.75. The summed E-state index contributed by atoms with van der Waals surface area (Å²) in [6.07, 6.45) is 1.43. The van der Waals surface area contributed by atoms with Crippen molar-refractivity contribution in [2.24, 2.45) is 0 Å². The number of benzene rings is 6. The maximum absolute atomic E-state index is 14.2. The maximum atomic E-state index is 14.2. The summed E-state index contributed by atoms with van der Waals surface area (Å²) in [6, 6.07) is 52.7. The van der Waals surface area contributed by atoms with E-state index in [4.69, 9.17) is 9.16 Å². The van der Waals surface area contributed by atoms with Crippen LogP contribution in [-0.4, -0.2) is 58.5 Å². The highest BCUT2D eigenvalue weighted by molar-refractivity contribution is 6.99. The highest BCUT2D eigenvalue weighted by atomic mass is 28.4. The van der Waals surface area contributed by atoms with Gasteiger partial charge in [0.05, 0.1) is 6.61 Å². The van der Waals surface area contributed by atoms with Gasteiger partial charge in [-0.2, -0.15) is 0 Å². The lowest BCUT2D eigenvalue weighted by Gasteiger charge is -2.43. The molecule has 64 heavy (non-hydrogen) atoms. The first kappa shape index (κ1) is 45.7. The van der Waals surface area contributed by atoms with Crippen LogP contribution in [0.5, 0.6) is 0 Å². The van der Waals surface area contributed by atoms with Gasteiger partial charge >= 0.3 is 6.09 Å². The van der Waals surface area contributed by atoms with Gasteiger partial charge in [-0.25, -0.2) is 4.79 Å². The average molecular weight is 873 g/mol. The molecule has 0 spiro atoms. The number of fused-ring (bicyclic) bond motifs is 3. The number of carbonyl (C=O) groups excluding carboxylic acids is 3. The summed E-state index contributed by atoms with van der Waals surface area (Å²) in [5.41, 5.74) is 6.89. The molecule has 6 aromatic carbocycles. The molecule has 0 saturated heterocycles. The highest BCUT2D eigenvalue weighted by Crippen LogP contribution is 2.44. The van der Waals surface area contributed by atoms with Crippen molar-refractivity contribution in [3.05, 3.63) is 186 Å². The molecule has 0 bridgehead atoms. The van der Waals surface area contributed by atoms with Gasteiger partial charge in [0.2, 0.25) is 11.8 Å². The molecule has 330 valence electrons. The molecule has 1 aliphatic rings. The van der Waals surface area contributed by atoms with E-state index in [1.165, 1.54) is 10.4 Å². The van der Waals surface area contributed by atoms with E-state index < -0.39 is 32.4 Å². The van der Waals surface area contributed by atoms with E-state index in [-0.39, 0.29) is 29.9 Å². The molecular formula is C54H60N4O5Si. The van der Waals surface area contributed by atoms with Gasteiger partial charge in [0.15, 0.2) is 0 Å². The van der Waals surface area contributed by atoms with Gasteiger partial charge < -0.3 is 30.4 Å². The molecular weight excluding hydrogens is 813 g/mol. The van der Waals surface area contributed by atoms with Crippen LogP contribution in [0.15, 0.2) is 164 Å². The van der Waals surface area contributed by atoms with Crippen LogP contribution in [0, 0.1) is 0 Å². The summed E-state index contributed by atoms with van der Waals surface area (Å²) in [6.45, 7) is 8.05. The standard InChI is InChI=1S/C54H60N4O5Si/c1-54(2,3)64(42-22-10-6-11-23-42,43-24-12-7-13-25-43)63-37-40-31-33-41(34-32-40)56-51(59)49(30-18-19-35-55-4)57-52(60)50(36-39-20-8-5-9-21-39)58-53(61)62-38-48-46-28-16-14-26-44(46)45-27-15-17-29-47(45)48/h5-17,20-29,31-34,48-50,55H,18-19,30,35-38H2,1-4H3,(H,56,59)(H,57,60)(H,58,61)/t49-,50-/m0/s1. The Morgan fingerprint density at radius 1 is 0.609 bits per heavy atom. The van der Waals surface area contributed by atoms with Crippen LogP contribution in [-0.2, 0) is 31.8 Å². The summed E-state index contributed by atoms with van der Waals surface area (Å²) < 4.78 is 13.0. The lowest BCUT2D eigenvalue weighted by molar-refractivity contribution is -0.128. The van der Waals surface area contributed by atoms with E-state index in [1.54, 1.807) is 0 Å². The Balaban J connectivity index is 1.03. The summed E-state index contributed by atoms with van der Waals surface area (Å²) in [4.78, 5) is 41.8. The van der Waals surface area contributed by atoms with Crippen LogP contribution in [0.2, 0.25) is 5.04 Å². The molecule has 6 aromatic rings. The number of rotatable bonds is 19. The second-order valence-corrected chi connectivity index (χ2v) is 21.8. The van der Waals surface area contributed by atoms with Crippen molar-refractivity contribution in [3.63, 3.8) is 0 Å². The van der Waals surface area contributed by atoms with Gasteiger partial charge in [-0.15, -0.1) is 0 Å². The summed E-state index contributed by atoms with van der Waals surface area (Å²) in [7, 11) is -0.864. The van der Waals surface area contributed by atoms with E-state index in [0.29, 0.717) is 25.1 Å². The Labute approximate surface area is 379 Å². The maximum Gasteiger partial charge on any atom is 0.407 e. The van der Waals surface area contributed by atoms with Crippen molar-refractivity contribution in [2.75, 3.05) is 25.5 Å². The van der Waals surface area contributed by atoms with E-state index in [9.17, 15) is 14.4 Å². The zero-order chi connectivity index (χ0) is 44.9. The van der Waals surface area contributed by atoms with Crippen molar-refractivity contribution in [2.45, 2.75) is 76.1 Å². The highest BCUT2D eigenvalue weighted by Gasteiger charge is 2.50. The molecule has 2 atom stereocenters. The fourth-order valence-electron chi connectivity index (χ4n) is 8.90. The minimum Gasteiger partial charge on any atom is -0.449 e. The van der Waals surface area contributed by atoms with E-state index in [1.807, 2.05) is 98.0 Å². The molecule has 7 rings (SSSR count). The molecule has 3 amide bonds. The number of unbranched alkanes of at least 4 members (excludes halogenated alkanes) is 1. The number of hydrogen-bond acceptors (Lipinski definition) is 6. The van der Waals surface area contributed by atoms with Gasteiger partial charge in [0.25, 0.3) is 8.32 Å². The largest absolute Gasteiger partial charge is 0.449 e. The summed E-state index contributed by atoms with van der Waals surface area (Å²) >= 11 is 0. The van der Waals surface area contributed by atoms with Gasteiger partial charge in [-0.05, 0) is 93.8 Å². The van der Waals surface area contributed by atoms with Crippen molar-refractivity contribution in [1.82, 2.24) is 16.0 Å². The van der Waals surface area contributed by atoms with E-state index >= 15 is 0 Å². The van der Waals surface area contributed by atoms with Crippen LogP contribution in [0.25, 0.3) is 11.1 Å². The third kappa shape index (κ3) is 10.9. The zero-order valence-electron chi connectivity index (χ0n) is 37.3. The minimum absolute atomic E-state index is 0.112. The molecule has 0 fully saturated rings. The van der Waals surface area contributed by atoms with Gasteiger partial charge in [-0.1, -0.05) is 172 Å². The summed E-state index contributed by atoms with van der Waals surface area (Å²) in [5, 5.41) is 14.3. The third-order valence-electron chi connectivity index (χ3n) is 12.1. The van der Waals surface area contributed by atoms with Crippen LogP contribution in [0.3, 0.4) is 0 Å². The molecule has 0 radical (unpaired) electrons. The Morgan fingerprint density at radius 2 is 1.16 bits per heavy atom. The molecule has 0 aromatic heterocycles. The Morgan fingerprint density at radius 3 is 1.72 bits per heavy atom. The second kappa shape index (κ2) is 21.4. The molecule has 0 unspecified atom stereocenters. The van der Waals surface area contributed by atoms with Crippen LogP contribution < -0.4 is 31.6 Å². The number of carbonyl (C=O) groups is 3. The Kier molecular flexibility index (Phi) is 15.2. The Bertz CT molecular complexity index is 2370. The van der Waals surface area contributed by atoms with Crippen molar-refractivity contribution in [1.29, 1.82) is 0 Å². The number of hydrogen-bond donors (Lipinski definition) is 4. The van der Waals surface area contributed by atoms with E-state index in [0.717, 1.165) is 46.3 Å². The number of ether oxygens (including phenoxy) is 1. The van der Waals surface area contributed by atoms with Crippen molar-refractivity contribution in [3.8, 4) is 11.1 Å². The average Bonchev–Trinajstić information content (AvgIpc) is 3.63. The molecule has 9 nitrogen and oxygen atoms in total. The monoisotopic (exact) mass is 872 g/mol. The number of amides is 3. The smallest absolute Gasteiger partial charge is 0.407 e. The topological polar surface area (TPSA) is 118 Å². The zero-order valence-corrected chi connectivity index (χ0v) is 38.3. The van der Waals surface area contributed by atoms with Gasteiger partial charge in [-0.3, -0.25) is 9.59 Å². The lowest BCUT2D eigenvalue weighted by atomic mass is 9.98. The molecule has 10 heteroatoms. The van der Waals surface area contributed by atoms with Gasteiger partial charge in [0.1, 0.15) is 18.7 Å². The van der Waals surface area contributed by atoms with E-state index in [2.05, 4.69) is 115 Å². The predicted molar refractivity (Wildman–Crippen MR) is 259 cm³/mol. The number of alkyl carbamates (subject to hydrolysis) is 1. The van der Waals surface area contributed by atoms with Crippen LogP contribution in [0.1, 0.15) is 68.2 Å². The quantitative estimate of drug-likeness (QED) is 0.0478. The molecule has 4 N–H and O–H groups in total. The van der Waals surface area contributed by atoms with Crippen LogP contribution >= 0.6 is 0 Å². The predicted octanol–water partition coefficient (Wildman–Crippen LogP) is 8.73. The molecule has 0 heterocycles. The number of anilines is 1. The fourth-order valence-corrected chi connectivity index (χ4v) is 13.4. The first-order valence-corrected chi connectivity index (χ1v) is 24.2. The Hall–Kier alpha value is -6.33. The van der Waals surface area contributed by atoms with Crippen molar-refractivity contribution >= 4 is 42.3 Å². The third-order valence-corrected chi connectivity index (χ3v) is 17.1. The molecule has 0 saturated carbocycles. The fraction of sp³-hybridized carbons (Fsp3) is 0.278. The van der Waals surface area contributed by atoms with Crippen molar-refractivity contribution < 1.29 is 23.5 Å². The van der Waals surface area contributed by atoms with Crippen LogP contribution in [0.4, 0.5) is 10.5 Å².